The fourth-order valence-electron chi connectivity index (χ4n) is 3.37. The molecular formula is C20H40O2. The molecule has 2 heteroatoms. The third-order valence-corrected chi connectivity index (χ3v) is 5.34. The molecule has 2 aliphatic heterocycles. The predicted octanol–water partition coefficient (Wildman–Crippen LogP) is 5.98. The van der Waals surface area contributed by atoms with Gasteiger partial charge < -0.3 is 9.47 Å². The van der Waals surface area contributed by atoms with Crippen molar-refractivity contribution in [2.24, 2.45) is 11.3 Å². The van der Waals surface area contributed by atoms with Crippen LogP contribution in [-0.4, -0.2) is 22.9 Å². The highest BCUT2D eigenvalue weighted by molar-refractivity contribution is 4.88. The Hall–Kier alpha value is -0.0800. The number of hydrogen-bond acceptors (Lipinski definition) is 2. The second-order valence-corrected chi connectivity index (χ2v) is 10.2. The van der Waals surface area contributed by atoms with E-state index in [9.17, 15) is 0 Å². The second kappa shape index (κ2) is 6.43. The minimum absolute atomic E-state index is 0.0712. The fourth-order valence-corrected chi connectivity index (χ4v) is 3.37. The Morgan fingerprint density at radius 2 is 1.32 bits per heavy atom. The summed E-state index contributed by atoms with van der Waals surface area (Å²) in [6.45, 7) is 22.1. The summed E-state index contributed by atoms with van der Waals surface area (Å²) in [7, 11) is 0. The second-order valence-electron chi connectivity index (χ2n) is 10.2. The molecule has 2 aliphatic rings. The van der Waals surface area contributed by atoms with Crippen molar-refractivity contribution in [3.05, 3.63) is 0 Å². The number of hydrogen-bond donors (Lipinski definition) is 0. The highest BCUT2D eigenvalue weighted by atomic mass is 16.5. The van der Waals surface area contributed by atoms with Crippen molar-refractivity contribution in [3.8, 4) is 0 Å². The Bertz CT molecular complexity index is 360. The largest absolute Gasteiger partial charge is 0.372 e. The van der Waals surface area contributed by atoms with Gasteiger partial charge in [-0.15, -0.1) is 0 Å². The average Bonchev–Trinajstić information content (AvgIpc) is 2.64. The van der Waals surface area contributed by atoms with Crippen LogP contribution in [0.25, 0.3) is 0 Å². The smallest absolute Gasteiger partial charge is 0.0659 e. The van der Waals surface area contributed by atoms with Gasteiger partial charge in [0.25, 0.3) is 0 Å². The van der Waals surface area contributed by atoms with Crippen LogP contribution in [-0.2, 0) is 9.47 Å². The highest BCUT2D eigenvalue weighted by Crippen LogP contribution is 2.39. The molecule has 0 saturated carbocycles. The van der Waals surface area contributed by atoms with Crippen molar-refractivity contribution in [1.82, 2.24) is 0 Å². The Labute approximate surface area is 139 Å². The summed E-state index contributed by atoms with van der Waals surface area (Å²) in [5.41, 5.74) is 0.601. The zero-order chi connectivity index (χ0) is 17.4. The molecule has 132 valence electrons. The van der Waals surface area contributed by atoms with E-state index >= 15 is 0 Å². The van der Waals surface area contributed by atoms with Gasteiger partial charge in [0, 0.05) is 0 Å². The van der Waals surface area contributed by atoms with E-state index in [-0.39, 0.29) is 16.8 Å². The van der Waals surface area contributed by atoms with Crippen LogP contribution < -0.4 is 0 Å². The maximum atomic E-state index is 5.97. The van der Waals surface area contributed by atoms with Crippen LogP contribution >= 0.6 is 0 Å². The molecule has 2 saturated heterocycles. The summed E-state index contributed by atoms with van der Waals surface area (Å²) >= 11 is 0. The molecule has 0 N–H and O–H groups in total. The maximum absolute atomic E-state index is 5.97. The van der Waals surface area contributed by atoms with Crippen molar-refractivity contribution in [1.29, 1.82) is 0 Å². The van der Waals surface area contributed by atoms with E-state index in [4.69, 9.17) is 9.47 Å². The Kier molecular flexibility index (Phi) is 5.84. The molecule has 22 heavy (non-hydrogen) atoms. The van der Waals surface area contributed by atoms with E-state index in [1.165, 1.54) is 25.7 Å². The van der Waals surface area contributed by atoms with E-state index in [0.717, 1.165) is 0 Å². The first-order valence-electron chi connectivity index (χ1n) is 9.03. The lowest BCUT2D eigenvalue weighted by molar-refractivity contribution is -0.181. The van der Waals surface area contributed by atoms with Crippen molar-refractivity contribution in [2.75, 3.05) is 0 Å². The molecule has 2 rings (SSSR count). The summed E-state index contributed by atoms with van der Waals surface area (Å²) in [4.78, 5) is 0. The standard InChI is InChI=1S/2C10H20O/c1-9(2,3)8-6-7-10(4,5)11-8;1-8-6-7-9(2,3)11-10(8,4)5/h2*8H,6-7H2,1-5H3. The summed E-state index contributed by atoms with van der Waals surface area (Å²) in [5, 5.41) is 0. The lowest BCUT2D eigenvalue weighted by Gasteiger charge is -2.45. The molecule has 0 bridgehead atoms. The van der Waals surface area contributed by atoms with Crippen molar-refractivity contribution in [3.63, 3.8) is 0 Å². The molecule has 2 nitrogen and oxygen atoms in total. The van der Waals surface area contributed by atoms with E-state index < -0.39 is 0 Å². The molecule has 0 aromatic heterocycles. The van der Waals surface area contributed by atoms with Crippen LogP contribution in [0, 0.1) is 11.3 Å². The van der Waals surface area contributed by atoms with Gasteiger partial charge >= 0.3 is 0 Å². The molecular weight excluding hydrogens is 272 g/mol. The van der Waals surface area contributed by atoms with Crippen molar-refractivity contribution in [2.45, 2.75) is 118 Å². The molecule has 0 radical (unpaired) electrons. The first-order chi connectivity index (χ1) is 9.65. The van der Waals surface area contributed by atoms with Crippen LogP contribution in [0.5, 0.6) is 0 Å². The van der Waals surface area contributed by atoms with Gasteiger partial charge in [-0.1, -0.05) is 27.7 Å². The first-order valence-corrected chi connectivity index (χ1v) is 9.03. The molecule has 0 amide bonds. The predicted molar refractivity (Wildman–Crippen MR) is 95.3 cm³/mol. The maximum Gasteiger partial charge on any atom is 0.0659 e. The van der Waals surface area contributed by atoms with E-state index in [0.29, 0.717) is 17.4 Å². The molecule has 0 spiro atoms. The first kappa shape index (κ1) is 20.0. The SMILES string of the molecule is CC1(C)CCC(C(C)(C)C)O1.CC1CCC(C)(C)OC1(C)C. The number of rotatable bonds is 0. The van der Waals surface area contributed by atoms with Crippen LogP contribution in [0.1, 0.15) is 94.9 Å². The summed E-state index contributed by atoms with van der Waals surface area (Å²) in [6, 6.07) is 0. The van der Waals surface area contributed by atoms with Gasteiger partial charge in [-0.25, -0.2) is 0 Å². The molecule has 2 heterocycles. The third-order valence-electron chi connectivity index (χ3n) is 5.34. The van der Waals surface area contributed by atoms with Crippen LogP contribution in [0.4, 0.5) is 0 Å². The van der Waals surface area contributed by atoms with Gasteiger partial charge in [0.05, 0.1) is 22.9 Å². The van der Waals surface area contributed by atoms with Gasteiger partial charge in [0.1, 0.15) is 0 Å². The zero-order valence-electron chi connectivity index (χ0n) is 16.8. The fraction of sp³-hybridized carbons (Fsp3) is 1.00. The summed E-state index contributed by atoms with van der Waals surface area (Å²) < 4.78 is 11.9. The number of ether oxygens (including phenoxy) is 2. The van der Waals surface area contributed by atoms with Gasteiger partial charge in [-0.3, -0.25) is 0 Å². The van der Waals surface area contributed by atoms with E-state index in [1.54, 1.807) is 0 Å². The molecule has 2 unspecified atom stereocenters. The zero-order valence-corrected chi connectivity index (χ0v) is 16.8. The van der Waals surface area contributed by atoms with Crippen molar-refractivity contribution >= 4 is 0 Å². The summed E-state index contributed by atoms with van der Waals surface area (Å²) in [5.74, 6) is 0.690. The van der Waals surface area contributed by atoms with Crippen LogP contribution in [0.3, 0.4) is 0 Å². The monoisotopic (exact) mass is 312 g/mol. The van der Waals surface area contributed by atoms with Crippen LogP contribution in [0.15, 0.2) is 0 Å². The Balaban J connectivity index is 0.000000220. The molecule has 0 aromatic rings. The molecule has 0 aromatic carbocycles. The van der Waals surface area contributed by atoms with Gasteiger partial charge in [-0.2, -0.15) is 0 Å². The Morgan fingerprint density at radius 3 is 1.59 bits per heavy atom. The third kappa shape index (κ3) is 5.85. The Morgan fingerprint density at radius 1 is 0.818 bits per heavy atom. The molecule has 2 atom stereocenters. The summed E-state index contributed by atoms with van der Waals surface area (Å²) in [6.07, 6.45) is 5.36. The molecule has 2 fully saturated rings. The normalized spacial score (nSPS) is 33.0. The van der Waals surface area contributed by atoms with Crippen LogP contribution in [0.2, 0.25) is 0 Å². The van der Waals surface area contributed by atoms with E-state index in [2.05, 4.69) is 69.2 Å². The van der Waals surface area contributed by atoms with Gasteiger partial charge in [-0.05, 0) is 78.6 Å². The lowest BCUT2D eigenvalue weighted by atomic mass is 9.81. The minimum Gasteiger partial charge on any atom is -0.372 e. The van der Waals surface area contributed by atoms with E-state index in [1.807, 2.05) is 0 Å². The van der Waals surface area contributed by atoms with Gasteiger partial charge in [0.15, 0.2) is 0 Å². The quantitative estimate of drug-likeness (QED) is 0.547. The average molecular weight is 313 g/mol. The molecule has 0 aliphatic carbocycles. The topological polar surface area (TPSA) is 18.5 Å². The van der Waals surface area contributed by atoms with Crippen molar-refractivity contribution < 1.29 is 9.47 Å². The van der Waals surface area contributed by atoms with Gasteiger partial charge in [0.2, 0.25) is 0 Å². The minimum atomic E-state index is 0.0712. The lowest BCUT2D eigenvalue weighted by Crippen LogP contribution is -2.46. The highest BCUT2D eigenvalue weighted by Gasteiger charge is 2.39.